The van der Waals surface area contributed by atoms with Crippen LogP contribution in [0.1, 0.15) is 36.2 Å². The Morgan fingerprint density at radius 3 is 2.57 bits per heavy atom. The fraction of sp³-hybridized carbons (Fsp3) is 0.526. The summed E-state index contributed by atoms with van der Waals surface area (Å²) in [5, 5.41) is 1.30. The van der Waals surface area contributed by atoms with Gasteiger partial charge >= 0.3 is 5.97 Å². The molecule has 1 aromatic heterocycles. The van der Waals surface area contributed by atoms with Gasteiger partial charge < -0.3 is 9.30 Å². The minimum absolute atomic E-state index is 0.120. The molecule has 0 spiro atoms. The SMILES string of the molecule is CCn1c(C)c(CC(C)C(=O)OC)c2cc3c(cc21)CN(C)C3. The third kappa shape index (κ3) is 2.65. The van der Waals surface area contributed by atoms with Crippen molar-refractivity contribution in [2.24, 2.45) is 5.92 Å². The van der Waals surface area contributed by atoms with Crippen molar-refractivity contribution in [3.63, 3.8) is 0 Å². The molecular formula is C19H26N2O2. The number of hydrogen-bond acceptors (Lipinski definition) is 3. The number of hydrogen-bond donors (Lipinski definition) is 0. The summed E-state index contributed by atoms with van der Waals surface area (Å²) in [5.74, 6) is -0.256. The molecule has 0 amide bonds. The van der Waals surface area contributed by atoms with Crippen LogP contribution in [0.3, 0.4) is 0 Å². The molecular weight excluding hydrogens is 288 g/mol. The molecule has 1 aliphatic rings. The largest absolute Gasteiger partial charge is 0.469 e. The molecule has 1 aliphatic heterocycles. The third-order valence-corrected chi connectivity index (χ3v) is 5.09. The van der Waals surface area contributed by atoms with Gasteiger partial charge in [-0.15, -0.1) is 0 Å². The average Bonchev–Trinajstić information content (AvgIpc) is 3.01. The van der Waals surface area contributed by atoms with E-state index in [2.05, 4.69) is 42.5 Å². The lowest BCUT2D eigenvalue weighted by atomic mass is 9.97. The molecule has 4 heteroatoms. The van der Waals surface area contributed by atoms with Crippen LogP contribution in [0.4, 0.5) is 0 Å². The monoisotopic (exact) mass is 314 g/mol. The normalized spacial score (nSPS) is 15.9. The van der Waals surface area contributed by atoms with E-state index in [1.807, 2.05) is 6.92 Å². The molecule has 1 atom stereocenters. The number of benzene rings is 1. The van der Waals surface area contributed by atoms with E-state index in [-0.39, 0.29) is 11.9 Å². The Morgan fingerprint density at radius 2 is 1.96 bits per heavy atom. The van der Waals surface area contributed by atoms with Crippen molar-refractivity contribution in [1.82, 2.24) is 9.47 Å². The van der Waals surface area contributed by atoms with Crippen LogP contribution in [-0.4, -0.2) is 29.6 Å². The molecule has 4 nitrogen and oxygen atoms in total. The number of fused-ring (bicyclic) bond motifs is 2. The number of ether oxygens (including phenoxy) is 1. The molecule has 0 aliphatic carbocycles. The minimum atomic E-state index is -0.136. The van der Waals surface area contributed by atoms with Gasteiger partial charge in [0.2, 0.25) is 0 Å². The third-order valence-electron chi connectivity index (χ3n) is 5.09. The number of aryl methyl sites for hydroxylation is 1. The maximum Gasteiger partial charge on any atom is 0.308 e. The zero-order chi connectivity index (χ0) is 16.7. The van der Waals surface area contributed by atoms with Gasteiger partial charge in [0, 0.05) is 36.2 Å². The first kappa shape index (κ1) is 16.1. The van der Waals surface area contributed by atoms with E-state index in [1.165, 1.54) is 40.4 Å². The van der Waals surface area contributed by atoms with Crippen molar-refractivity contribution in [2.45, 2.75) is 46.8 Å². The van der Waals surface area contributed by atoms with Crippen LogP contribution in [0.2, 0.25) is 0 Å². The number of methoxy groups -OCH3 is 1. The van der Waals surface area contributed by atoms with Gasteiger partial charge in [0.05, 0.1) is 13.0 Å². The van der Waals surface area contributed by atoms with E-state index < -0.39 is 0 Å². The van der Waals surface area contributed by atoms with Crippen molar-refractivity contribution < 1.29 is 9.53 Å². The highest BCUT2D eigenvalue weighted by atomic mass is 16.5. The molecule has 0 saturated heterocycles. The van der Waals surface area contributed by atoms with Crippen molar-refractivity contribution >= 4 is 16.9 Å². The lowest BCUT2D eigenvalue weighted by molar-refractivity contribution is -0.144. The van der Waals surface area contributed by atoms with E-state index in [1.54, 1.807) is 0 Å². The molecule has 2 aromatic rings. The van der Waals surface area contributed by atoms with Gasteiger partial charge in [-0.25, -0.2) is 0 Å². The Morgan fingerprint density at radius 1 is 1.30 bits per heavy atom. The summed E-state index contributed by atoms with van der Waals surface area (Å²) in [5.41, 5.74) is 6.71. The number of nitrogens with zero attached hydrogens (tertiary/aromatic N) is 2. The van der Waals surface area contributed by atoms with Gasteiger partial charge in [-0.05, 0) is 56.1 Å². The smallest absolute Gasteiger partial charge is 0.308 e. The van der Waals surface area contributed by atoms with Crippen LogP contribution < -0.4 is 0 Å². The summed E-state index contributed by atoms with van der Waals surface area (Å²) in [6.45, 7) is 9.27. The van der Waals surface area contributed by atoms with Crippen LogP contribution in [-0.2, 0) is 35.6 Å². The number of aromatic nitrogens is 1. The Balaban J connectivity index is 2.12. The predicted octanol–water partition coefficient (Wildman–Crippen LogP) is 3.27. The number of carbonyl (C=O) groups excluding carboxylic acids is 1. The van der Waals surface area contributed by atoms with Crippen molar-refractivity contribution in [3.8, 4) is 0 Å². The Hall–Kier alpha value is -1.81. The quantitative estimate of drug-likeness (QED) is 0.812. The van der Waals surface area contributed by atoms with Gasteiger partial charge in [-0.1, -0.05) is 6.92 Å². The lowest BCUT2D eigenvalue weighted by Crippen LogP contribution is -2.15. The Labute approximate surface area is 138 Å². The highest BCUT2D eigenvalue weighted by Gasteiger charge is 2.23. The van der Waals surface area contributed by atoms with Gasteiger partial charge in [0.25, 0.3) is 0 Å². The van der Waals surface area contributed by atoms with Gasteiger partial charge in [0.1, 0.15) is 0 Å². The first-order valence-corrected chi connectivity index (χ1v) is 8.36. The van der Waals surface area contributed by atoms with E-state index in [9.17, 15) is 4.79 Å². The fourth-order valence-corrected chi connectivity index (χ4v) is 3.87. The summed E-state index contributed by atoms with van der Waals surface area (Å²) in [6, 6.07) is 4.68. The molecule has 0 fully saturated rings. The maximum absolute atomic E-state index is 11.8. The highest BCUT2D eigenvalue weighted by molar-refractivity contribution is 5.88. The van der Waals surface area contributed by atoms with Crippen LogP contribution in [0.15, 0.2) is 12.1 Å². The number of rotatable bonds is 4. The molecule has 3 rings (SSSR count). The molecule has 23 heavy (non-hydrogen) atoms. The molecule has 0 saturated carbocycles. The fourth-order valence-electron chi connectivity index (χ4n) is 3.87. The zero-order valence-electron chi connectivity index (χ0n) is 14.8. The second-order valence-corrected chi connectivity index (χ2v) is 6.75. The van der Waals surface area contributed by atoms with Crippen molar-refractivity contribution in [2.75, 3.05) is 14.2 Å². The van der Waals surface area contributed by atoms with E-state index in [4.69, 9.17) is 4.74 Å². The van der Waals surface area contributed by atoms with Gasteiger partial charge in [-0.3, -0.25) is 9.69 Å². The molecule has 0 radical (unpaired) electrons. The molecule has 0 N–H and O–H groups in total. The average molecular weight is 314 g/mol. The molecule has 0 bridgehead atoms. The van der Waals surface area contributed by atoms with Gasteiger partial charge in [-0.2, -0.15) is 0 Å². The summed E-state index contributed by atoms with van der Waals surface area (Å²) in [4.78, 5) is 14.2. The van der Waals surface area contributed by atoms with Crippen LogP contribution >= 0.6 is 0 Å². The molecule has 124 valence electrons. The molecule has 2 heterocycles. The summed E-state index contributed by atoms with van der Waals surface area (Å²) in [6.07, 6.45) is 0.733. The highest BCUT2D eigenvalue weighted by Crippen LogP contribution is 2.33. The Kier molecular flexibility index (Phi) is 4.19. The Bertz CT molecular complexity index is 761. The van der Waals surface area contributed by atoms with E-state index in [0.29, 0.717) is 0 Å². The zero-order valence-corrected chi connectivity index (χ0v) is 14.8. The predicted molar refractivity (Wildman–Crippen MR) is 92.4 cm³/mol. The van der Waals surface area contributed by atoms with Crippen molar-refractivity contribution in [1.29, 1.82) is 0 Å². The topological polar surface area (TPSA) is 34.5 Å². The number of carbonyl (C=O) groups is 1. The molecule has 1 unspecified atom stereocenters. The van der Waals surface area contributed by atoms with E-state index >= 15 is 0 Å². The molecule has 1 aromatic carbocycles. The first-order valence-electron chi connectivity index (χ1n) is 8.36. The summed E-state index contributed by atoms with van der Waals surface area (Å²) >= 11 is 0. The minimum Gasteiger partial charge on any atom is -0.469 e. The van der Waals surface area contributed by atoms with Crippen molar-refractivity contribution in [3.05, 3.63) is 34.5 Å². The second kappa shape index (κ2) is 6.00. The number of esters is 1. The summed E-state index contributed by atoms with van der Waals surface area (Å²) < 4.78 is 7.27. The standard InChI is InChI=1S/C19H26N2O2/c1-6-21-13(3)16(7-12(2)19(22)23-5)17-8-14-10-20(4)11-15(14)9-18(17)21/h8-9,12H,6-7,10-11H2,1-5H3. The second-order valence-electron chi connectivity index (χ2n) is 6.75. The first-order chi connectivity index (χ1) is 11.0. The van der Waals surface area contributed by atoms with Crippen LogP contribution in [0, 0.1) is 12.8 Å². The van der Waals surface area contributed by atoms with Crippen LogP contribution in [0.25, 0.3) is 10.9 Å². The summed E-state index contributed by atoms with van der Waals surface area (Å²) in [7, 11) is 3.62. The van der Waals surface area contributed by atoms with Gasteiger partial charge in [0.15, 0.2) is 0 Å². The van der Waals surface area contributed by atoms with Crippen LogP contribution in [0.5, 0.6) is 0 Å². The maximum atomic E-state index is 11.8. The van der Waals surface area contributed by atoms with E-state index in [0.717, 1.165) is 26.1 Å². The lowest BCUT2D eigenvalue weighted by Gasteiger charge is -2.10.